The summed E-state index contributed by atoms with van der Waals surface area (Å²) in [5.74, 6) is -0.281. The number of carbonyl (C=O) groups is 1. The van der Waals surface area contributed by atoms with Gasteiger partial charge in [-0.15, -0.1) is 0 Å². The molecule has 0 aliphatic heterocycles. The summed E-state index contributed by atoms with van der Waals surface area (Å²) in [6, 6.07) is 0. The van der Waals surface area contributed by atoms with E-state index in [9.17, 15) is 4.79 Å². The summed E-state index contributed by atoms with van der Waals surface area (Å²) in [5, 5.41) is 6.83. The molecule has 90 valence electrons. The predicted molar refractivity (Wildman–Crippen MR) is 61.0 cm³/mol. The topological polar surface area (TPSA) is 82.2 Å². The van der Waals surface area contributed by atoms with Crippen molar-refractivity contribution in [1.82, 2.24) is 9.78 Å². The third kappa shape index (κ3) is 3.63. The summed E-state index contributed by atoms with van der Waals surface area (Å²) in [5.41, 5.74) is 6.08. The van der Waals surface area contributed by atoms with Gasteiger partial charge in [-0.25, -0.2) is 0 Å². The van der Waals surface area contributed by atoms with Crippen LogP contribution in [-0.4, -0.2) is 35.9 Å². The normalized spacial score (nSPS) is 12.4. The van der Waals surface area contributed by atoms with Crippen LogP contribution in [0.5, 0.6) is 0 Å². The fourth-order valence-corrected chi connectivity index (χ4v) is 1.11. The van der Waals surface area contributed by atoms with E-state index in [2.05, 4.69) is 10.4 Å². The molecule has 0 radical (unpaired) electrons. The van der Waals surface area contributed by atoms with Crippen LogP contribution in [0.2, 0.25) is 0 Å². The third-order valence-corrected chi connectivity index (χ3v) is 2.23. The van der Waals surface area contributed by atoms with Crippen LogP contribution in [0.15, 0.2) is 12.4 Å². The number of methoxy groups -OCH3 is 1. The van der Waals surface area contributed by atoms with Gasteiger partial charge >= 0.3 is 0 Å². The zero-order chi connectivity index (χ0) is 12.0. The average Bonchev–Trinajstić information content (AvgIpc) is 2.72. The summed E-state index contributed by atoms with van der Waals surface area (Å²) < 4.78 is 6.64. The van der Waals surface area contributed by atoms with Gasteiger partial charge in [-0.05, 0) is 0 Å². The number of anilines is 1. The van der Waals surface area contributed by atoms with Crippen molar-refractivity contribution in [3.63, 3.8) is 0 Å². The van der Waals surface area contributed by atoms with E-state index in [0.29, 0.717) is 25.4 Å². The number of aromatic nitrogens is 2. The fourth-order valence-electron chi connectivity index (χ4n) is 1.11. The van der Waals surface area contributed by atoms with Crippen LogP contribution in [0.1, 0.15) is 6.92 Å². The monoisotopic (exact) mass is 226 g/mol. The maximum atomic E-state index is 11.5. The molecule has 1 unspecified atom stereocenters. The molecule has 0 saturated carbocycles. The highest BCUT2D eigenvalue weighted by atomic mass is 16.5. The van der Waals surface area contributed by atoms with E-state index in [1.165, 1.54) is 0 Å². The zero-order valence-electron chi connectivity index (χ0n) is 9.64. The number of amides is 1. The molecule has 1 amide bonds. The first kappa shape index (κ1) is 12.7. The molecule has 0 bridgehead atoms. The Morgan fingerprint density at radius 2 is 2.50 bits per heavy atom. The van der Waals surface area contributed by atoms with Crippen molar-refractivity contribution >= 4 is 11.6 Å². The minimum absolute atomic E-state index is 0.0891. The van der Waals surface area contributed by atoms with Gasteiger partial charge in [0, 0.05) is 25.8 Å². The molecule has 0 aliphatic carbocycles. The van der Waals surface area contributed by atoms with E-state index in [0.717, 1.165) is 0 Å². The molecule has 0 aliphatic rings. The van der Waals surface area contributed by atoms with E-state index in [-0.39, 0.29) is 11.8 Å². The largest absolute Gasteiger partial charge is 0.383 e. The number of ether oxygens (including phenoxy) is 1. The Bertz CT molecular complexity index is 337. The second kappa shape index (κ2) is 6.24. The van der Waals surface area contributed by atoms with Crippen molar-refractivity contribution in [2.45, 2.75) is 13.5 Å². The Labute approximate surface area is 94.8 Å². The van der Waals surface area contributed by atoms with Crippen molar-refractivity contribution in [2.24, 2.45) is 11.7 Å². The smallest absolute Gasteiger partial charge is 0.228 e. The number of nitrogens with two attached hydrogens (primary N) is 1. The number of nitrogens with one attached hydrogen (secondary N) is 1. The minimum atomic E-state index is -0.192. The van der Waals surface area contributed by atoms with Crippen LogP contribution >= 0.6 is 0 Å². The molecule has 1 aromatic rings. The van der Waals surface area contributed by atoms with Crippen LogP contribution in [0.3, 0.4) is 0 Å². The molecule has 1 heterocycles. The first-order valence-corrected chi connectivity index (χ1v) is 5.19. The summed E-state index contributed by atoms with van der Waals surface area (Å²) in [7, 11) is 1.63. The molecule has 0 fully saturated rings. The average molecular weight is 226 g/mol. The van der Waals surface area contributed by atoms with Crippen LogP contribution in [0, 0.1) is 5.92 Å². The molecule has 0 aromatic carbocycles. The summed E-state index contributed by atoms with van der Waals surface area (Å²) in [4.78, 5) is 11.5. The van der Waals surface area contributed by atoms with Gasteiger partial charge in [0.2, 0.25) is 5.91 Å². The van der Waals surface area contributed by atoms with Gasteiger partial charge in [0.1, 0.15) is 0 Å². The lowest BCUT2D eigenvalue weighted by Gasteiger charge is -2.07. The first-order valence-electron chi connectivity index (χ1n) is 5.19. The van der Waals surface area contributed by atoms with Crippen LogP contribution in [0.4, 0.5) is 5.69 Å². The molecular weight excluding hydrogens is 208 g/mol. The van der Waals surface area contributed by atoms with E-state index in [1.54, 1.807) is 31.1 Å². The minimum Gasteiger partial charge on any atom is -0.383 e. The standard InChI is InChI=1S/C10H18N4O2/c1-8(5-11)10(15)13-9-6-12-14(7-9)3-4-16-2/h6-8H,3-5,11H2,1-2H3,(H,13,15). The molecule has 1 aromatic heterocycles. The van der Waals surface area contributed by atoms with Gasteiger partial charge in [-0.2, -0.15) is 5.10 Å². The van der Waals surface area contributed by atoms with E-state index in [4.69, 9.17) is 10.5 Å². The van der Waals surface area contributed by atoms with Crippen molar-refractivity contribution in [3.8, 4) is 0 Å². The van der Waals surface area contributed by atoms with Crippen LogP contribution < -0.4 is 11.1 Å². The second-order valence-corrected chi connectivity index (χ2v) is 3.61. The fraction of sp³-hybridized carbons (Fsp3) is 0.600. The molecule has 1 atom stereocenters. The molecule has 6 nitrogen and oxygen atoms in total. The molecule has 0 saturated heterocycles. The van der Waals surface area contributed by atoms with Gasteiger partial charge in [0.15, 0.2) is 0 Å². The van der Waals surface area contributed by atoms with Crippen LogP contribution in [0.25, 0.3) is 0 Å². The summed E-state index contributed by atoms with van der Waals surface area (Å²) in [6.45, 7) is 3.38. The summed E-state index contributed by atoms with van der Waals surface area (Å²) in [6.07, 6.45) is 3.37. The number of hydrogen-bond donors (Lipinski definition) is 2. The maximum absolute atomic E-state index is 11.5. The van der Waals surface area contributed by atoms with E-state index in [1.807, 2.05) is 0 Å². The predicted octanol–water partition coefficient (Wildman–Crippen LogP) is 0.0628. The van der Waals surface area contributed by atoms with Gasteiger partial charge in [0.05, 0.1) is 25.0 Å². The van der Waals surface area contributed by atoms with Crippen LogP contribution in [-0.2, 0) is 16.1 Å². The summed E-state index contributed by atoms with van der Waals surface area (Å²) >= 11 is 0. The number of carbonyl (C=O) groups excluding carboxylic acids is 1. The molecular formula is C10H18N4O2. The van der Waals surface area contributed by atoms with Gasteiger partial charge < -0.3 is 15.8 Å². The van der Waals surface area contributed by atoms with E-state index >= 15 is 0 Å². The highest BCUT2D eigenvalue weighted by molar-refractivity contribution is 5.92. The molecule has 0 spiro atoms. The highest BCUT2D eigenvalue weighted by Crippen LogP contribution is 2.06. The quantitative estimate of drug-likeness (QED) is 0.718. The second-order valence-electron chi connectivity index (χ2n) is 3.61. The van der Waals surface area contributed by atoms with Gasteiger partial charge in [-0.1, -0.05) is 6.92 Å². The molecule has 3 N–H and O–H groups in total. The molecule has 16 heavy (non-hydrogen) atoms. The lowest BCUT2D eigenvalue weighted by atomic mass is 10.2. The Kier molecular flexibility index (Phi) is 4.94. The Morgan fingerprint density at radius 3 is 3.12 bits per heavy atom. The van der Waals surface area contributed by atoms with Crippen molar-refractivity contribution < 1.29 is 9.53 Å². The van der Waals surface area contributed by atoms with Crippen molar-refractivity contribution in [1.29, 1.82) is 0 Å². The van der Waals surface area contributed by atoms with Crippen molar-refractivity contribution in [2.75, 3.05) is 25.6 Å². The van der Waals surface area contributed by atoms with Gasteiger partial charge in [0.25, 0.3) is 0 Å². The zero-order valence-corrected chi connectivity index (χ0v) is 9.64. The van der Waals surface area contributed by atoms with Crippen molar-refractivity contribution in [3.05, 3.63) is 12.4 Å². The number of nitrogens with zero attached hydrogens (tertiary/aromatic N) is 2. The Balaban J connectivity index is 2.48. The highest BCUT2D eigenvalue weighted by Gasteiger charge is 2.11. The van der Waals surface area contributed by atoms with Gasteiger partial charge in [-0.3, -0.25) is 9.48 Å². The third-order valence-electron chi connectivity index (χ3n) is 2.23. The lowest BCUT2D eigenvalue weighted by Crippen LogP contribution is -2.26. The first-order chi connectivity index (χ1) is 7.67. The molecule has 6 heteroatoms. The Morgan fingerprint density at radius 1 is 1.75 bits per heavy atom. The number of rotatable bonds is 6. The van der Waals surface area contributed by atoms with E-state index < -0.39 is 0 Å². The number of hydrogen-bond acceptors (Lipinski definition) is 4. The Hall–Kier alpha value is -1.40. The molecule has 1 rings (SSSR count). The lowest BCUT2D eigenvalue weighted by molar-refractivity contribution is -0.119. The maximum Gasteiger partial charge on any atom is 0.228 e. The SMILES string of the molecule is COCCn1cc(NC(=O)C(C)CN)cn1.